The van der Waals surface area contributed by atoms with Crippen LogP contribution in [0.4, 0.5) is 0 Å². The monoisotopic (exact) mass is 343 g/mol. The van der Waals surface area contributed by atoms with Gasteiger partial charge in [0.1, 0.15) is 0 Å². The van der Waals surface area contributed by atoms with Gasteiger partial charge < -0.3 is 9.47 Å². The van der Waals surface area contributed by atoms with Crippen LogP contribution in [0, 0.1) is 0 Å². The van der Waals surface area contributed by atoms with Gasteiger partial charge in [-0.2, -0.15) is 12.7 Å². The highest BCUT2D eigenvalue weighted by Crippen LogP contribution is 2.33. The first-order chi connectivity index (χ1) is 10.9. The van der Waals surface area contributed by atoms with Gasteiger partial charge in [0.2, 0.25) is 0 Å². The fourth-order valence-electron chi connectivity index (χ4n) is 2.76. The zero-order chi connectivity index (χ0) is 17.0. The van der Waals surface area contributed by atoms with Crippen LogP contribution < -0.4 is 14.2 Å². The summed E-state index contributed by atoms with van der Waals surface area (Å²) in [4.78, 5) is 2.15. The van der Waals surface area contributed by atoms with Gasteiger partial charge in [0.15, 0.2) is 11.5 Å². The minimum absolute atomic E-state index is 0.0306. The van der Waals surface area contributed by atoms with Gasteiger partial charge in [-0.3, -0.25) is 4.90 Å². The number of hydrogen-bond acceptors (Lipinski definition) is 5. The molecule has 1 aliphatic heterocycles. The maximum absolute atomic E-state index is 12.2. The molecule has 0 aromatic heterocycles. The van der Waals surface area contributed by atoms with E-state index in [1.807, 2.05) is 25.2 Å². The van der Waals surface area contributed by atoms with Gasteiger partial charge >= 0.3 is 0 Å². The van der Waals surface area contributed by atoms with Crippen molar-refractivity contribution in [3.63, 3.8) is 0 Å². The lowest BCUT2D eigenvalue weighted by atomic mass is 10.0. The maximum Gasteiger partial charge on any atom is 0.279 e. The van der Waals surface area contributed by atoms with E-state index in [2.05, 4.69) is 9.62 Å². The second-order valence-electron chi connectivity index (χ2n) is 5.47. The molecular weight excluding hydrogens is 318 g/mol. The summed E-state index contributed by atoms with van der Waals surface area (Å²) in [5, 5.41) is 0. The number of likely N-dealkylation sites (N-methyl/N-ethyl adjacent to an activating group) is 1. The summed E-state index contributed by atoms with van der Waals surface area (Å²) in [7, 11) is 1.76. The molecule has 0 spiro atoms. The van der Waals surface area contributed by atoms with Crippen LogP contribution in [0.3, 0.4) is 0 Å². The van der Waals surface area contributed by atoms with Crippen molar-refractivity contribution in [2.75, 3.05) is 47.4 Å². The van der Waals surface area contributed by atoms with E-state index in [1.165, 1.54) is 4.31 Å². The molecule has 23 heavy (non-hydrogen) atoms. The Morgan fingerprint density at radius 2 is 1.91 bits per heavy atom. The van der Waals surface area contributed by atoms with E-state index in [-0.39, 0.29) is 6.04 Å². The van der Waals surface area contributed by atoms with Crippen molar-refractivity contribution in [2.45, 2.75) is 13.0 Å². The molecule has 0 saturated carbocycles. The number of nitrogens with zero attached hydrogens (tertiary/aromatic N) is 2. The molecule has 1 atom stereocenters. The van der Waals surface area contributed by atoms with Gasteiger partial charge in [-0.15, -0.1) is 0 Å². The van der Waals surface area contributed by atoms with E-state index in [0.717, 1.165) is 5.56 Å². The number of hydrogen-bond donors (Lipinski definition) is 1. The summed E-state index contributed by atoms with van der Waals surface area (Å²) in [5.41, 5.74) is 1.00. The van der Waals surface area contributed by atoms with Crippen LogP contribution in [0.5, 0.6) is 11.5 Å². The van der Waals surface area contributed by atoms with Crippen molar-refractivity contribution >= 4 is 10.2 Å². The van der Waals surface area contributed by atoms with Crippen LogP contribution in [0.2, 0.25) is 0 Å². The predicted octanol–water partition coefficient (Wildman–Crippen LogP) is 0.847. The molecule has 8 heteroatoms. The number of methoxy groups -OCH3 is 2. The third-order valence-electron chi connectivity index (χ3n) is 4.07. The predicted molar refractivity (Wildman–Crippen MR) is 89.1 cm³/mol. The zero-order valence-corrected chi connectivity index (χ0v) is 14.9. The average molecular weight is 343 g/mol. The van der Waals surface area contributed by atoms with Crippen molar-refractivity contribution in [3.8, 4) is 11.5 Å². The molecule has 0 amide bonds. The van der Waals surface area contributed by atoms with Crippen molar-refractivity contribution in [1.82, 2.24) is 13.9 Å². The number of piperazine rings is 1. The Kier molecular flexibility index (Phi) is 5.85. The summed E-state index contributed by atoms with van der Waals surface area (Å²) >= 11 is 0. The van der Waals surface area contributed by atoms with Gasteiger partial charge in [0, 0.05) is 32.2 Å². The lowest BCUT2D eigenvalue weighted by molar-refractivity contribution is 0.147. The van der Waals surface area contributed by atoms with Crippen LogP contribution in [-0.2, 0) is 10.2 Å². The molecule has 1 aromatic carbocycles. The van der Waals surface area contributed by atoms with Crippen LogP contribution in [0.15, 0.2) is 18.2 Å². The Hall–Kier alpha value is -1.35. The Bertz CT molecular complexity index is 636. The first kappa shape index (κ1) is 18.0. The molecule has 2 rings (SSSR count). The third-order valence-corrected chi connectivity index (χ3v) is 5.73. The Balaban J connectivity index is 2.27. The molecular formula is C15H25N3O4S. The molecule has 1 saturated heterocycles. The highest BCUT2D eigenvalue weighted by Gasteiger charge is 2.32. The highest BCUT2D eigenvalue weighted by molar-refractivity contribution is 7.87. The Labute approximate surface area is 138 Å². The topological polar surface area (TPSA) is 71.1 Å². The molecule has 1 aliphatic rings. The molecule has 7 nitrogen and oxygen atoms in total. The van der Waals surface area contributed by atoms with Crippen molar-refractivity contribution in [3.05, 3.63) is 23.8 Å². The molecule has 0 aliphatic carbocycles. The van der Waals surface area contributed by atoms with Gasteiger partial charge in [-0.05, 0) is 24.7 Å². The van der Waals surface area contributed by atoms with E-state index < -0.39 is 10.2 Å². The first-order valence-corrected chi connectivity index (χ1v) is 9.03. The van der Waals surface area contributed by atoms with Crippen molar-refractivity contribution in [2.24, 2.45) is 0 Å². The molecule has 1 unspecified atom stereocenters. The van der Waals surface area contributed by atoms with Crippen LogP contribution >= 0.6 is 0 Å². The lowest BCUT2D eigenvalue weighted by Gasteiger charge is -2.39. The molecule has 130 valence electrons. The smallest absolute Gasteiger partial charge is 0.279 e. The number of nitrogens with one attached hydrogen (secondary N) is 1. The van der Waals surface area contributed by atoms with E-state index in [4.69, 9.17) is 9.47 Å². The second-order valence-corrected chi connectivity index (χ2v) is 7.23. The summed E-state index contributed by atoms with van der Waals surface area (Å²) < 4.78 is 39.1. The molecule has 1 aromatic rings. The molecule has 0 radical (unpaired) electrons. The zero-order valence-electron chi connectivity index (χ0n) is 14.1. The molecule has 1 N–H and O–H groups in total. The fourth-order valence-corrected chi connectivity index (χ4v) is 3.97. The van der Waals surface area contributed by atoms with Gasteiger partial charge in [0.05, 0.1) is 14.2 Å². The largest absolute Gasteiger partial charge is 0.493 e. The van der Waals surface area contributed by atoms with Crippen molar-refractivity contribution < 1.29 is 17.9 Å². The number of rotatable bonds is 6. The average Bonchev–Trinajstić information content (AvgIpc) is 2.54. The molecule has 0 bridgehead atoms. The van der Waals surface area contributed by atoms with E-state index >= 15 is 0 Å². The molecule has 1 heterocycles. The normalized spacial score (nSPS) is 20.4. The highest BCUT2D eigenvalue weighted by atomic mass is 32.2. The summed E-state index contributed by atoms with van der Waals surface area (Å²) in [6, 6.07) is 5.67. The minimum Gasteiger partial charge on any atom is -0.493 e. The standard InChI is InChI=1S/C15H25N3O4S/c1-5-16-23(19,20)18-9-8-17(2)13(11-18)12-6-7-14(21-3)15(10-12)22-4/h6-7,10,13,16H,5,8-9,11H2,1-4H3. The summed E-state index contributed by atoms with van der Waals surface area (Å²) in [6.07, 6.45) is 0. The summed E-state index contributed by atoms with van der Waals surface area (Å²) in [5.74, 6) is 1.30. The Morgan fingerprint density at radius 1 is 1.22 bits per heavy atom. The maximum atomic E-state index is 12.2. The third kappa shape index (κ3) is 3.95. The lowest BCUT2D eigenvalue weighted by Crippen LogP contribution is -2.52. The van der Waals surface area contributed by atoms with Crippen molar-refractivity contribution in [1.29, 1.82) is 0 Å². The fraction of sp³-hybridized carbons (Fsp3) is 0.600. The SMILES string of the molecule is CCNS(=O)(=O)N1CCN(C)C(c2ccc(OC)c(OC)c2)C1. The second kappa shape index (κ2) is 7.48. The van der Waals surface area contributed by atoms with E-state index in [0.29, 0.717) is 37.7 Å². The Morgan fingerprint density at radius 3 is 2.52 bits per heavy atom. The van der Waals surface area contributed by atoms with Gasteiger partial charge in [-0.1, -0.05) is 13.0 Å². The first-order valence-electron chi connectivity index (χ1n) is 7.59. The van der Waals surface area contributed by atoms with E-state index in [1.54, 1.807) is 21.1 Å². The summed E-state index contributed by atoms with van der Waals surface area (Å²) in [6.45, 7) is 3.72. The van der Waals surface area contributed by atoms with Crippen LogP contribution in [0.25, 0.3) is 0 Å². The number of benzene rings is 1. The quantitative estimate of drug-likeness (QED) is 0.829. The van der Waals surface area contributed by atoms with E-state index in [9.17, 15) is 8.42 Å². The van der Waals surface area contributed by atoms with Crippen LogP contribution in [0.1, 0.15) is 18.5 Å². The molecule has 1 fully saturated rings. The number of ether oxygens (including phenoxy) is 2. The van der Waals surface area contributed by atoms with Crippen LogP contribution in [-0.4, -0.2) is 65.1 Å². The van der Waals surface area contributed by atoms with Gasteiger partial charge in [0.25, 0.3) is 10.2 Å². The van der Waals surface area contributed by atoms with Gasteiger partial charge in [-0.25, -0.2) is 4.72 Å². The minimum atomic E-state index is -3.43.